The van der Waals surface area contributed by atoms with Gasteiger partial charge in [0.15, 0.2) is 5.96 Å². The number of aryl methyl sites for hydroxylation is 1. The van der Waals surface area contributed by atoms with Gasteiger partial charge in [0.25, 0.3) is 0 Å². The summed E-state index contributed by atoms with van der Waals surface area (Å²) in [6, 6.07) is 2.57. The van der Waals surface area contributed by atoms with Crippen molar-refractivity contribution in [1.29, 1.82) is 0 Å². The lowest BCUT2D eigenvalue weighted by atomic mass is 10.3. The lowest BCUT2D eigenvalue weighted by molar-refractivity contribution is 0.237. The number of aliphatic imine (C=N–C) groups is 1. The largest absolute Gasteiger partial charge is 0.355 e. The molecular weight excluding hydrogens is 252 g/mol. The van der Waals surface area contributed by atoms with Crippen LogP contribution in [0.4, 0.5) is 0 Å². The Morgan fingerprint density at radius 1 is 1.45 bits per heavy atom. The summed E-state index contributed by atoms with van der Waals surface area (Å²) in [5.74, 6) is 0.825. The highest BCUT2D eigenvalue weighted by molar-refractivity contribution is 5.79. The topological polar surface area (TPSA) is 57.5 Å². The van der Waals surface area contributed by atoms with E-state index in [1.165, 1.54) is 0 Å². The molecule has 0 fully saturated rings. The third-order valence-electron chi connectivity index (χ3n) is 3.41. The van der Waals surface area contributed by atoms with Crippen LogP contribution in [0.5, 0.6) is 0 Å². The van der Waals surface area contributed by atoms with E-state index < -0.39 is 0 Å². The zero-order valence-electron chi connectivity index (χ0n) is 13.3. The maximum absolute atomic E-state index is 4.23. The molecule has 0 saturated carbocycles. The molecule has 1 aromatic heterocycles. The van der Waals surface area contributed by atoms with Gasteiger partial charge >= 0.3 is 0 Å². The van der Waals surface area contributed by atoms with E-state index in [9.17, 15) is 0 Å². The summed E-state index contributed by atoms with van der Waals surface area (Å²) in [7, 11) is 3.73. The van der Waals surface area contributed by atoms with Gasteiger partial charge in [-0.05, 0) is 26.5 Å². The van der Waals surface area contributed by atoms with Crippen LogP contribution < -0.4 is 10.6 Å². The predicted octanol–water partition coefficient (Wildman–Crippen LogP) is 0.815. The van der Waals surface area contributed by atoms with Crippen molar-refractivity contribution < 1.29 is 0 Å². The van der Waals surface area contributed by atoms with Crippen LogP contribution in [-0.2, 0) is 13.6 Å². The van der Waals surface area contributed by atoms with Crippen molar-refractivity contribution >= 4 is 5.96 Å². The normalized spacial score (nSPS) is 12.2. The van der Waals surface area contributed by atoms with E-state index in [0.717, 1.165) is 37.8 Å². The van der Waals surface area contributed by atoms with Crippen LogP contribution in [-0.4, -0.2) is 53.4 Å². The molecular formula is C14H28N6. The first kappa shape index (κ1) is 16.5. The van der Waals surface area contributed by atoms with Crippen molar-refractivity contribution in [3.63, 3.8) is 0 Å². The molecule has 2 N–H and O–H groups in total. The summed E-state index contributed by atoms with van der Waals surface area (Å²) in [4.78, 5) is 6.65. The number of nitrogens with one attached hydrogen (secondary N) is 2. The van der Waals surface area contributed by atoms with E-state index in [4.69, 9.17) is 0 Å². The molecule has 0 radical (unpaired) electrons. The van der Waals surface area contributed by atoms with Gasteiger partial charge in [-0.15, -0.1) is 0 Å². The van der Waals surface area contributed by atoms with Gasteiger partial charge in [-0.25, -0.2) is 0 Å². The number of rotatable bonds is 7. The quantitative estimate of drug-likeness (QED) is 0.573. The zero-order valence-corrected chi connectivity index (χ0v) is 13.3. The van der Waals surface area contributed by atoms with Crippen LogP contribution in [0.3, 0.4) is 0 Å². The third kappa shape index (κ3) is 5.21. The smallest absolute Gasteiger partial charge is 0.191 e. The molecule has 0 atom stereocenters. The van der Waals surface area contributed by atoms with Crippen molar-refractivity contribution in [3.05, 3.63) is 18.0 Å². The minimum Gasteiger partial charge on any atom is -0.355 e. The summed E-state index contributed by atoms with van der Waals surface area (Å²) in [6.07, 6.45) is 1.80. The van der Waals surface area contributed by atoms with E-state index in [0.29, 0.717) is 6.04 Å². The average molecular weight is 280 g/mol. The second kappa shape index (κ2) is 8.58. The number of guanidine groups is 1. The second-order valence-electron chi connectivity index (χ2n) is 5.02. The average Bonchev–Trinajstić information content (AvgIpc) is 2.83. The molecule has 0 saturated heterocycles. The number of nitrogens with zero attached hydrogens (tertiary/aromatic N) is 4. The third-order valence-corrected chi connectivity index (χ3v) is 3.41. The fraction of sp³-hybridized carbons (Fsp3) is 0.714. The fourth-order valence-corrected chi connectivity index (χ4v) is 2.07. The molecule has 0 aliphatic carbocycles. The molecule has 0 aliphatic heterocycles. The summed E-state index contributed by atoms with van der Waals surface area (Å²) in [6.45, 7) is 10.3. The highest BCUT2D eigenvalue weighted by Gasteiger charge is 2.06. The molecule has 1 rings (SSSR count). The van der Waals surface area contributed by atoms with Crippen LogP contribution in [0.15, 0.2) is 17.3 Å². The molecule has 6 heteroatoms. The van der Waals surface area contributed by atoms with Crippen LogP contribution in [0.25, 0.3) is 0 Å². The molecule has 0 aliphatic rings. The number of hydrogen-bond donors (Lipinski definition) is 2. The van der Waals surface area contributed by atoms with Gasteiger partial charge in [0.2, 0.25) is 0 Å². The molecule has 1 heterocycles. The van der Waals surface area contributed by atoms with E-state index >= 15 is 0 Å². The van der Waals surface area contributed by atoms with Crippen molar-refractivity contribution in [1.82, 2.24) is 25.3 Å². The Labute approximate surface area is 122 Å². The molecule has 0 spiro atoms. The Hall–Kier alpha value is -1.56. The van der Waals surface area contributed by atoms with E-state index in [-0.39, 0.29) is 0 Å². The zero-order chi connectivity index (χ0) is 15.0. The number of hydrogen-bond acceptors (Lipinski definition) is 3. The van der Waals surface area contributed by atoms with E-state index in [2.05, 4.69) is 46.4 Å². The van der Waals surface area contributed by atoms with Crippen molar-refractivity contribution in [2.75, 3.05) is 26.7 Å². The molecule has 0 aromatic carbocycles. The standard InChI is InChI=1S/C14H28N6/c1-6-20(12(2)3)10-9-16-14(15-4)17-11-13-7-8-18-19(13)5/h7-8,12H,6,9-11H2,1-5H3,(H2,15,16,17). The molecule has 6 nitrogen and oxygen atoms in total. The number of likely N-dealkylation sites (N-methyl/N-ethyl adjacent to an activating group) is 1. The Bertz CT molecular complexity index is 410. The first-order valence-corrected chi connectivity index (χ1v) is 7.23. The minimum absolute atomic E-state index is 0.575. The Morgan fingerprint density at radius 2 is 2.20 bits per heavy atom. The van der Waals surface area contributed by atoms with Gasteiger partial charge in [0.1, 0.15) is 0 Å². The molecule has 0 unspecified atom stereocenters. The summed E-state index contributed by atoms with van der Waals surface area (Å²) >= 11 is 0. The van der Waals surface area contributed by atoms with Crippen molar-refractivity contribution in [2.24, 2.45) is 12.0 Å². The second-order valence-corrected chi connectivity index (χ2v) is 5.02. The van der Waals surface area contributed by atoms with Crippen molar-refractivity contribution in [3.8, 4) is 0 Å². The molecule has 1 aromatic rings. The fourth-order valence-electron chi connectivity index (χ4n) is 2.07. The first-order chi connectivity index (χ1) is 9.58. The van der Waals surface area contributed by atoms with Gasteiger partial charge in [-0.1, -0.05) is 6.92 Å². The van der Waals surface area contributed by atoms with Gasteiger partial charge < -0.3 is 10.6 Å². The van der Waals surface area contributed by atoms with Gasteiger partial charge in [0, 0.05) is 39.4 Å². The maximum Gasteiger partial charge on any atom is 0.191 e. The highest BCUT2D eigenvalue weighted by Crippen LogP contribution is 1.96. The van der Waals surface area contributed by atoms with Crippen LogP contribution >= 0.6 is 0 Å². The maximum atomic E-state index is 4.23. The molecule has 114 valence electrons. The van der Waals surface area contributed by atoms with Crippen LogP contribution in [0.1, 0.15) is 26.5 Å². The minimum atomic E-state index is 0.575. The van der Waals surface area contributed by atoms with E-state index in [1.807, 2.05) is 17.8 Å². The predicted molar refractivity (Wildman–Crippen MR) is 83.8 cm³/mol. The van der Waals surface area contributed by atoms with E-state index in [1.54, 1.807) is 13.2 Å². The molecule has 0 amide bonds. The first-order valence-electron chi connectivity index (χ1n) is 7.23. The summed E-state index contributed by atoms with van der Waals surface area (Å²) in [5.41, 5.74) is 1.13. The van der Waals surface area contributed by atoms with Crippen LogP contribution in [0, 0.1) is 0 Å². The summed E-state index contributed by atoms with van der Waals surface area (Å²) in [5, 5.41) is 10.8. The SMILES string of the molecule is CCN(CCNC(=NC)NCc1ccnn1C)C(C)C. The lowest BCUT2D eigenvalue weighted by Gasteiger charge is -2.25. The van der Waals surface area contributed by atoms with Gasteiger partial charge in [-0.2, -0.15) is 5.10 Å². The monoisotopic (exact) mass is 280 g/mol. The lowest BCUT2D eigenvalue weighted by Crippen LogP contribution is -2.43. The molecule has 20 heavy (non-hydrogen) atoms. The van der Waals surface area contributed by atoms with Gasteiger partial charge in [0.05, 0.1) is 12.2 Å². The highest BCUT2D eigenvalue weighted by atomic mass is 15.3. The van der Waals surface area contributed by atoms with Crippen LogP contribution in [0.2, 0.25) is 0 Å². The summed E-state index contributed by atoms with van der Waals surface area (Å²) < 4.78 is 1.86. The Kier molecular flexibility index (Phi) is 7.08. The molecule has 0 bridgehead atoms. The Morgan fingerprint density at radius 3 is 2.70 bits per heavy atom. The number of aromatic nitrogens is 2. The Balaban J connectivity index is 2.32. The van der Waals surface area contributed by atoms with Gasteiger partial charge in [-0.3, -0.25) is 14.6 Å². The van der Waals surface area contributed by atoms with Crippen molar-refractivity contribution in [2.45, 2.75) is 33.4 Å².